The fourth-order valence-corrected chi connectivity index (χ4v) is 5.03. The Morgan fingerprint density at radius 3 is 2.22 bits per heavy atom. The smallest absolute Gasteiger partial charge is 0.334 e. The zero-order chi connectivity index (χ0) is 19.4. The van der Waals surface area contributed by atoms with E-state index in [1.807, 2.05) is 32.9 Å². The van der Waals surface area contributed by atoms with Gasteiger partial charge in [0.05, 0.1) is 5.41 Å². The molecule has 6 heteroatoms. The Morgan fingerprint density at radius 1 is 1.04 bits per heavy atom. The first-order valence-electron chi connectivity index (χ1n) is 9.41. The third kappa shape index (κ3) is 2.33. The van der Waals surface area contributed by atoms with Crippen LogP contribution in [0.5, 0.6) is 0 Å². The van der Waals surface area contributed by atoms with Gasteiger partial charge in [0.25, 0.3) is 5.79 Å². The average molecular weight is 371 g/mol. The van der Waals surface area contributed by atoms with Crippen LogP contribution in [0.15, 0.2) is 30.4 Å². The van der Waals surface area contributed by atoms with Crippen LogP contribution < -0.4 is 5.32 Å². The number of aliphatic hydroxyl groups is 1. The summed E-state index contributed by atoms with van der Waals surface area (Å²) in [5, 5.41) is 15.5. The van der Waals surface area contributed by atoms with Gasteiger partial charge in [-0.25, -0.2) is 9.59 Å². The number of carbonyl (C=O) groups is 2. The van der Waals surface area contributed by atoms with Crippen molar-refractivity contribution in [1.29, 1.82) is 0 Å². The molecule has 1 unspecified atom stereocenters. The molecule has 1 spiro atoms. The molecular weight excluding hydrogens is 346 g/mol. The maximum atomic E-state index is 12.3. The van der Waals surface area contributed by atoms with Gasteiger partial charge in [-0.1, -0.05) is 23.8 Å². The highest BCUT2D eigenvalue weighted by molar-refractivity contribution is 5.93. The molecule has 1 aromatic carbocycles. The van der Waals surface area contributed by atoms with Gasteiger partial charge in [0.2, 0.25) is 0 Å². The van der Waals surface area contributed by atoms with Gasteiger partial charge >= 0.3 is 11.9 Å². The van der Waals surface area contributed by atoms with Crippen LogP contribution in [0.25, 0.3) is 0 Å². The topological polar surface area (TPSA) is 84.9 Å². The number of nitrogens with one attached hydrogen (secondary N) is 1. The molecule has 0 bridgehead atoms. The lowest BCUT2D eigenvalue weighted by atomic mass is 9.64. The van der Waals surface area contributed by atoms with E-state index in [9.17, 15) is 14.7 Å². The van der Waals surface area contributed by atoms with Crippen molar-refractivity contribution < 1.29 is 24.2 Å². The molecule has 6 nitrogen and oxygen atoms in total. The molecule has 27 heavy (non-hydrogen) atoms. The monoisotopic (exact) mass is 371 g/mol. The molecule has 1 fully saturated rings. The summed E-state index contributed by atoms with van der Waals surface area (Å²) in [6, 6.07) is 5.61. The van der Waals surface area contributed by atoms with Gasteiger partial charge in [0.1, 0.15) is 5.60 Å². The van der Waals surface area contributed by atoms with Crippen LogP contribution in [0.3, 0.4) is 0 Å². The molecule has 2 aliphatic heterocycles. The number of rotatable bonds is 1. The van der Waals surface area contributed by atoms with Gasteiger partial charge in [-0.15, -0.1) is 0 Å². The van der Waals surface area contributed by atoms with Crippen LogP contribution in [0, 0.1) is 18.3 Å². The van der Waals surface area contributed by atoms with Gasteiger partial charge in [0.15, 0.2) is 0 Å². The molecule has 0 aromatic heterocycles. The molecule has 1 aromatic rings. The van der Waals surface area contributed by atoms with Crippen LogP contribution in [-0.4, -0.2) is 30.1 Å². The number of hydrogen-bond acceptors (Lipinski definition) is 6. The number of carbonyl (C=O) groups excluding carboxylic acids is 2. The van der Waals surface area contributed by atoms with E-state index in [2.05, 4.69) is 5.32 Å². The Balaban J connectivity index is 1.97. The largest absolute Gasteiger partial charge is 0.414 e. The van der Waals surface area contributed by atoms with Gasteiger partial charge in [0, 0.05) is 17.7 Å². The van der Waals surface area contributed by atoms with E-state index >= 15 is 0 Å². The quantitative estimate of drug-likeness (QED) is 0.735. The van der Waals surface area contributed by atoms with E-state index in [1.165, 1.54) is 0 Å². The van der Waals surface area contributed by atoms with Crippen molar-refractivity contribution in [2.75, 3.05) is 13.1 Å². The minimum absolute atomic E-state index is 0.0534. The van der Waals surface area contributed by atoms with E-state index in [0.29, 0.717) is 11.1 Å². The van der Waals surface area contributed by atoms with Crippen molar-refractivity contribution >= 4 is 11.9 Å². The molecule has 0 radical (unpaired) electrons. The lowest BCUT2D eigenvalue weighted by Crippen LogP contribution is -2.56. The van der Waals surface area contributed by atoms with Gasteiger partial charge in [-0.3, -0.25) is 0 Å². The second-order valence-electron chi connectivity index (χ2n) is 8.26. The number of hydrogen-bond donors (Lipinski definition) is 2. The SMILES string of the molecule is Cc1ccc2c(c1)C(O)(C1CCNCC1)C(C)(C)C21OC(=O)C=CC(=O)O1. The van der Waals surface area contributed by atoms with Gasteiger partial charge < -0.3 is 19.9 Å². The molecular formula is C21H25NO5. The summed E-state index contributed by atoms with van der Waals surface area (Å²) < 4.78 is 11.5. The molecule has 2 N–H and O–H groups in total. The highest BCUT2D eigenvalue weighted by atomic mass is 16.7. The number of esters is 2. The molecule has 0 saturated carbocycles. The number of fused-ring (bicyclic) bond motifs is 2. The summed E-state index contributed by atoms with van der Waals surface area (Å²) in [4.78, 5) is 24.6. The Labute approximate surface area is 158 Å². The fourth-order valence-electron chi connectivity index (χ4n) is 5.03. The summed E-state index contributed by atoms with van der Waals surface area (Å²) in [5.74, 6) is -3.04. The van der Waals surface area contributed by atoms with Gasteiger partial charge in [-0.05, 0) is 58.2 Å². The molecule has 1 saturated heterocycles. The van der Waals surface area contributed by atoms with E-state index < -0.39 is 28.7 Å². The summed E-state index contributed by atoms with van der Waals surface area (Å²) in [6.07, 6.45) is 3.71. The van der Waals surface area contributed by atoms with Crippen molar-refractivity contribution in [3.63, 3.8) is 0 Å². The lowest BCUT2D eigenvalue weighted by Gasteiger charge is -2.49. The zero-order valence-electron chi connectivity index (χ0n) is 15.9. The van der Waals surface area contributed by atoms with Crippen LogP contribution in [0.1, 0.15) is 43.4 Å². The average Bonchev–Trinajstić information content (AvgIpc) is 2.74. The zero-order valence-corrected chi connectivity index (χ0v) is 15.9. The van der Waals surface area contributed by atoms with Crippen molar-refractivity contribution in [3.8, 4) is 0 Å². The highest BCUT2D eigenvalue weighted by Crippen LogP contribution is 2.65. The van der Waals surface area contributed by atoms with Gasteiger partial charge in [-0.2, -0.15) is 0 Å². The van der Waals surface area contributed by atoms with Crippen molar-refractivity contribution in [3.05, 3.63) is 47.0 Å². The Bertz CT molecular complexity index is 817. The normalized spacial score (nSPS) is 29.2. The first-order valence-corrected chi connectivity index (χ1v) is 9.41. The van der Waals surface area contributed by atoms with Crippen molar-refractivity contribution in [2.45, 2.75) is 45.0 Å². The van der Waals surface area contributed by atoms with Crippen LogP contribution >= 0.6 is 0 Å². The molecule has 1 aliphatic carbocycles. The molecule has 3 aliphatic rings. The minimum Gasteiger partial charge on any atom is -0.414 e. The predicted molar refractivity (Wildman–Crippen MR) is 97.5 cm³/mol. The Hall–Kier alpha value is -2.18. The standard InChI is InChI=1S/C21H25NO5/c1-13-4-5-15-16(12-13)20(25,14-8-10-22-11-9-14)19(2,3)21(15)26-17(23)6-7-18(24)27-21/h4-7,12,14,22,25H,8-11H2,1-3H3. The minimum atomic E-state index is -1.67. The summed E-state index contributed by atoms with van der Waals surface area (Å²) in [5.41, 5.74) is -0.165. The van der Waals surface area contributed by atoms with E-state index in [0.717, 1.165) is 43.6 Å². The first kappa shape index (κ1) is 18.2. The third-order valence-electron chi connectivity index (χ3n) is 6.49. The van der Waals surface area contributed by atoms with Crippen LogP contribution in [-0.2, 0) is 30.5 Å². The maximum absolute atomic E-state index is 12.3. The third-order valence-corrected chi connectivity index (χ3v) is 6.49. The second kappa shape index (κ2) is 5.91. The Morgan fingerprint density at radius 2 is 1.63 bits per heavy atom. The van der Waals surface area contributed by atoms with Crippen LogP contribution in [0.4, 0.5) is 0 Å². The summed E-state index contributed by atoms with van der Waals surface area (Å²) in [7, 11) is 0. The summed E-state index contributed by atoms with van der Waals surface area (Å²) in [6.45, 7) is 7.19. The number of aryl methyl sites for hydroxylation is 1. The molecule has 144 valence electrons. The van der Waals surface area contributed by atoms with E-state index in [4.69, 9.17) is 9.47 Å². The molecule has 4 rings (SSSR count). The highest BCUT2D eigenvalue weighted by Gasteiger charge is 2.72. The maximum Gasteiger partial charge on any atom is 0.334 e. The molecule has 0 amide bonds. The fraction of sp³-hybridized carbons (Fsp3) is 0.524. The lowest BCUT2D eigenvalue weighted by molar-refractivity contribution is -0.301. The number of piperidine rings is 1. The molecule has 1 atom stereocenters. The van der Waals surface area contributed by atoms with Crippen molar-refractivity contribution in [2.24, 2.45) is 11.3 Å². The van der Waals surface area contributed by atoms with E-state index in [-0.39, 0.29) is 5.92 Å². The molecule has 2 heterocycles. The number of benzene rings is 1. The van der Waals surface area contributed by atoms with Crippen LogP contribution in [0.2, 0.25) is 0 Å². The second-order valence-corrected chi connectivity index (χ2v) is 8.26. The Kier molecular flexibility index (Phi) is 3.98. The van der Waals surface area contributed by atoms with E-state index in [1.54, 1.807) is 6.07 Å². The predicted octanol–water partition coefficient (Wildman–Crippen LogP) is 2.03. The number of ether oxygens (including phenoxy) is 2. The first-order chi connectivity index (χ1) is 12.7. The summed E-state index contributed by atoms with van der Waals surface area (Å²) >= 11 is 0. The van der Waals surface area contributed by atoms with Crippen molar-refractivity contribution in [1.82, 2.24) is 5.32 Å².